The number of rotatable bonds is 0. The predicted molar refractivity (Wildman–Crippen MR) is 37.6 cm³/mol. The van der Waals surface area contributed by atoms with E-state index >= 15 is 0 Å². The topological polar surface area (TPSA) is 30.7 Å². The van der Waals surface area contributed by atoms with E-state index in [-0.39, 0.29) is 0 Å². The van der Waals surface area contributed by atoms with Crippen LogP contribution < -0.4 is 0 Å². The van der Waals surface area contributed by atoms with Gasteiger partial charge in [-0.15, -0.1) is 0 Å². The monoisotopic (exact) mass is 133 g/mol. The molecule has 2 aliphatic heterocycles. The lowest BCUT2D eigenvalue weighted by atomic mass is 10.3. The molecule has 3 nitrogen and oxygen atoms in total. The largest absolute Gasteiger partial charge is 0.320 e. The van der Waals surface area contributed by atoms with E-state index in [1.54, 1.807) is 12.5 Å². The molecule has 3 heteroatoms. The van der Waals surface area contributed by atoms with Gasteiger partial charge in [0.25, 0.3) is 0 Å². The van der Waals surface area contributed by atoms with E-state index in [0.29, 0.717) is 0 Å². The Morgan fingerprint density at radius 2 is 2.40 bits per heavy atom. The van der Waals surface area contributed by atoms with Gasteiger partial charge in [0.05, 0.1) is 6.33 Å². The zero-order chi connectivity index (χ0) is 6.97. The van der Waals surface area contributed by atoms with Gasteiger partial charge in [0.2, 0.25) is 0 Å². The molecule has 50 valence electrons. The van der Waals surface area contributed by atoms with Gasteiger partial charge in [-0.25, -0.2) is 9.97 Å². The number of aromatic nitrogens is 3. The molecule has 0 aromatic heterocycles. The molecule has 0 amide bonds. The second-order valence-corrected chi connectivity index (χ2v) is 2.23. The van der Waals surface area contributed by atoms with Gasteiger partial charge in [0.1, 0.15) is 5.82 Å². The summed E-state index contributed by atoms with van der Waals surface area (Å²) in [4.78, 5) is 8.15. The summed E-state index contributed by atoms with van der Waals surface area (Å²) in [7, 11) is 1.93. The molecule has 0 aromatic carbocycles. The zero-order valence-corrected chi connectivity index (χ0v) is 5.65. The molecule has 0 radical (unpaired) electrons. The van der Waals surface area contributed by atoms with E-state index in [0.717, 1.165) is 11.4 Å². The Morgan fingerprint density at radius 1 is 1.50 bits per heavy atom. The Balaban J connectivity index is 2.80. The minimum atomic E-state index is 0.981. The summed E-state index contributed by atoms with van der Waals surface area (Å²) in [5, 5.41) is 0. The third-order valence-electron chi connectivity index (χ3n) is 1.50. The van der Waals surface area contributed by atoms with Crippen LogP contribution in [-0.4, -0.2) is 14.5 Å². The van der Waals surface area contributed by atoms with Crippen molar-refractivity contribution in [3.8, 4) is 11.4 Å². The number of fused-ring (bicyclic) bond motifs is 1. The van der Waals surface area contributed by atoms with Crippen LogP contribution in [0.2, 0.25) is 0 Å². The summed E-state index contributed by atoms with van der Waals surface area (Å²) >= 11 is 0. The van der Waals surface area contributed by atoms with E-state index < -0.39 is 0 Å². The quantitative estimate of drug-likeness (QED) is 0.535. The van der Waals surface area contributed by atoms with Gasteiger partial charge in [-0.1, -0.05) is 0 Å². The molecule has 0 fully saturated rings. The molecule has 0 unspecified atom stereocenters. The molecule has 0 saturated heterocycles. The van der Waals surface area contributed by atoms with E-state index in [4.69, 9.17) is 0 Å². The SMILES string of the molecule is Cn1cncc2ccnc1-2. The fourth-order valence-corrected chi connectivity index (χ4v) is 1.00. The molecule has 0 aromatic rings. The van der Waals surface area contributed by atoms with Gasteiger partial charge in [0.15, 0.2) is 0 Å². The standard InChI is InChI=1S/C7H7N3/c1-10-5-8-4-6-2-3-9-7(6)10/h2-5H,1H3. The highest BCUT2D eigenvalue weighted by Gasteiger charge is 2.03. The first-order valence-corrected chi connectivity index (χ1v) is 3.09. The summed E-state index contributed by atoms with van der Waals surface area (Å²) in [6.07, 6.45) is 5.34. The van der Waals surface area contributed by atoms with Crippen LogP contribution in [-0.2, 0) is 7.05 Å². The van der Waals surface area contributed by atoms with Crippen LogP contribution in [0.3, 0.4) is 0 Å². The Hall–Kier alpha value is -1.38. The maximum absolute atomic E-state index is 4.14. The van der Waals surface area contributed by atoms with Crippen molar-refractivity contribution < 1.29 is 0 Å². The summed E-state index contributed by atoms with van der Waals surface area (Å²) in [6.45, 7) is 0. The van der Waals surface area contributed by atoms with Crippen molar-refractivity contribution in [3.05, 3.63) is 24.8 Å². The molecule has 0 bridgehead atoms. The van der Waals surface area contributed by atoms with Crippen molar-refractivity contribution in [2.75, 3.05) is 0 Å². The van der Waals surface area contributed by atoms with Crippen LogP contribution in [0.4, 0.5) is 0 Å². The van der Waals surface area contributed by atoms with E-state index in [1.165, 1.54) is 0 Å². The van der Waals surface area contributed by atoms with Crippen molar-refractivity contribution in [2.24, 2.45) is 7.05 Å². The van der Waals surface area contributed by atoms with Gasteiger partial charge in [-0.3, -0.25) is 0 Å². The maximum Gasteiger partial charge on any atom is 0.142 e. The smallest absolute Gasteiger partial charge is 0.142 e. The molecule has 0 atom stereocenters. The minimum Gasteiger partial charge on any atom is -0.320 e. The molecular formula is C7H7N3. The molecule has 0 aliphatic carbocycles. The molecule has 0 spiro atoms. The number of nitrogens with zero attached hydrogens (tertiary/aromatic N) is 3. The first-order valence-electron chi connectivity index (χ1n) is 3.09. The lowest BCUT2D eigenvalue weighted by Gasteiger charge is -2.01. The molecule has 0 N–H and O–H groups in total. The lowest BCUT2D eigenvalue weighted by Crippen LogP contribution is -1.96. The normalized spacial score (nSPS) is 10.5. The third kappa shape index (κ3) is 0.603. The van der Waals surface area contributed by atoms with Crippen LogP contribution in [0.15, 0.2) is 24.8 Å². The van der Waals surface area contributed by atoms with Crippen molar-refractivity contribution in [3.63, 3.8) is 0 Å². The Labute approximate surface area is 58.7 Å². The highest BCUT2D eigenvalue weighted by molar-refractivity contribution is 5.54. The summed E-state index contributed by atoms with van der Waals surface area (Å²) in [6, 6.07) is 1.95. The number of aryl methyl sites for hydroxylation is 1. The van der Waals surface area contributed by atoms with Crippen LogP contribution >= 0.6 is 0 Å². The summed E-state index contributed by atoms with van der Waals surface area (Å²) in [5.41, 5.74) is 1.09. The molecule has 10 heavy (non-hydrogen) atoms. The third-order valence-corrected chi connectivity index (χ3v) is 1.50. The van der Waals surface area contributed by atoms with Gasteiger partial charge in [-0.2, -0.15) is 0 Å². The van der Waals surface area contributed by atoms with Crippen molar-refractivity contribution in [2.45, 2.75) is 0 Å². The van der Waals surface area contributed by atoms with Crippen LogP contribution in [0, 0.1) is 0 Å². The fraction of sp³-hybridized carbons (Fsp3) is 0.143. The zero-order valence-electron chi connectivity index (χ0n) is 5.65. The van der Waals surface area contributed by atoms with Crippen LogP contribution in [0.1, 0.15) is 0 Å². The highest BCUT2D eigenvalue weighted by Crippen LogP contribution is 2.15. The predicted octanol–water partition coefficient (Wildman–Crippen LogP) is 0.920. The summed E-state index contributed by atoms with van der Waals surface area (Å²) < 4.78 is 1.90. The molecule has 0 saturated carbocycles. The Morgan fingerprint density at radius 3 is 3.20 bits per heavy atom. The van der Waals surface area contributed by atoms with E-state index in [1.807, 2.05) is 23.9 Å². The fourth-order valence-electron chi connectivity index (χ4n) is 1.00. The van der Waals surface area contributed by atoms with Crippen molar-refractivity contribution >= 4 is 0 Å². The molecule has 2 rings (SSSR count). The second kappa shape index (κ2) is 1.80. The Kier molecular flexibility index (Phi) is 0.974. The first-order chi connectivity index (χ1) is 4.88. The number of hydrogen-bond acceptors (Lipinski definition) is 2. The lowest BCUT2D eigenvalue weighted by molar-refractivity contribution is 0.853. The Bertz CT molecular complexity index is 313. The van der Waals surface area contributed by atoms with Gasteiger partial charge in [-0.05, 0) is 6.07 Å². The number of hydrogen-bond donors (Lipinski definition) is 0. The van der Waals surface area contributed by atoms with Crippen molar-refractivity contribution in [1.82, 2.24) is 14.5 Å². The molecule has 2 aliphatic rings. The molecular weight excluding hydrogens is 126 g/mol. The van der Waals surface area contributed by atoms with Crippen LogP contribution in [0.5, 0.6) is 0 Å². The maximum atomic E-state index is 4.14. The second-order valence-electron chi connectivity index (χ2n) is 2.23. The first kappa shape index (κ1) is 5.41. The highest BCUT2D eigenvalue weighted by atomic mass is 15.1. The van der Waals surface area contributed by atoms with Gasteiger partial charge < -0.3 is 4.57 Å². The van der Waals surface area contributed by atoms with Crippen LogP contribution in [0.25, 0.3) is 11.4 Å². The van der Waals surface area contributed by atoms with E-state index in [9.17, 15) is 0 Å². The van der Waals surface area contributed by atoms with Gasteiger partial charge in [0, 0.05) is 25.0 Å². The van der Waals surface area contributed by atoms with E-state index in [2.05, 4.69) is 9.97 Å². The minimum absolute atomic E-state index is 0.981. The average Bonchev–Trinajstić information content (AvgIpc) is 2.36. The average molecular weight is 133 g/mol. The van der Waals surface area contributed by atoms with Gasteiger partial charge >= 0.3 is 0 Å². The summed E-state index contributed by atoms with van der Waals surface area (Å²) in [5.74, 6) is 0.981. The molecule has 2 heterocycles. The van der Waals surface area contributed by atoms with Crippen molar-refractivity contribution in [1.29, 1.82) is 0 Å².